The van der Waals surface area contributed by atoms with Gasteiger partial charge >= 0.3 is 11.9 Å². The predicted molar refractivity (Wildman–Crippen MR) is 183 cm³/mol. The first kappa shape index (κ1) is 33.6. The van der Waals surface area contributed by atoms with Gasteiger partial charge < -0.3 is 20.3 Å². The molecule has 254 valence electrons. The van der Waals surface area contributed by atoms with E-state index in [1.165, 1.54) is 0 Å². The number of aromatic nitrogens is 1. The number of rotatable bonds is 10. The fourth-order valence-electron chi connectivity index (χ4n) is 8.49. The number of likely N-dealkylation sites (tertiary alicyclic amines) is 2. The number of hydrogen-bond donors (Lipinski definition) is 2. The van der Waals surface area contributed by atoms with Crippen molar-refractivity contribution in [3.05, 3.63) is 67.3 Å². The maximum absolute atomic E-state index is 15.4. The van der Waals surface area contributed by atoms with Crippen molar-refractivity contribution < 1.29 is 33.4 Å². The Bertz CT molecular complexity index is 1730. The van der Waals surface area contributed by atoms with Gasteiger partial charge in [0.1, 0.15) is 24.1 Å². The minimum Gasteiger partial charge on any atom is -0.497 e. The van der Waals surface area contributed by atoms with Crippen LogP contribution in [0.3, 0.4) is 0 Å². The number of amides is 2. The van der Waals surface area contributed by atoms with Crippen LogP contribution in [0.1, 0.15) is 52.9 Å². The van der Waals surface area contributed by atoms with E-state index >= 15 is 4.79 Å². The first-order chi connectivity index (χ1) is 22.9. The van der Waals surface area contributed by atoms with Gasteiger partial charge in [0.05, 0.1) is 30.7 Å². The van der Waals surface area contributed by atoms with Gasteiger partial charge in [0.15, 0.2) is 12.1 Å². The van der Waals surface area contributed by atoms with E-state index in [1.54, 1.807) is 13.2 Å². The van der Waals surface area contributed by atoms with E-state index in [-0.39, 0.29) is 25.3 Å². The number of carboxylic acids is 1. The number of carboxylic acid groups (broad SMARTS) is 1. The van der Waals surface area contributed by atoms with Crippen molar-refractivity contribution in [2.24, 2.45) is 17.1 Å². The zero-order valence-electron chi connectivity index (χ0n) is 28.4. The largest absolute Gasteiger partial charge is 0.497 e. The van der Waals surface area contributed by atoms with Crippen molar-refractivity contribution in [3.63, 3.8) is 0 Å². The monoisotopic (exact) mass is 655 g/mol. The number of primary amides is 1. The molecule has 6 rings (SSSR count). The Balaban J connectivity index is 1.49. The highest BCUT2D eigenvalue weighted by Gasteiger charge is 2.81. The van der Waals surface area contributed by atoms with Crippen LogP contribution in [0.5, 0.6) is 11.5 Å². The van der Waals surface area contributed by atoms with Crippen LogP contribution in [-0.4, -0.2) is 87.7 Å². The maximum atomic E-state index is 15.4. The van der Waals surface area contributed by atoms with Crippen LogP contribution < -0.4 is 15.2 Å². The number of methoxy groups -OCH3 is 1. The molecule has 2 amide bonds. The van der Waals surface area contributed by atoms with Crippen molar-refractivity contribution in [1.29, 1.82) is 0 Å². The zero-order valence-corrected chi connectivity index (χ0v) is 28.4. The summed E-state index contributed by atoms with van der Waals surface area (Å²) < 4.78 is 11.7. The summed E-state index contributed by atoms with van der Waals surface area (Å²) in [6.45, 7) is 11.4. The van der Waals surface area contributed by atoms with Crippen LogP contribution in [-0.2, 0) is 14.4 Å². The molecular weight excluding hydrogens is 608 g/mol. The van der Waals surface area contributed by atoms with Crippen molar-refractivity contribution in [2.45, 2.75) is 76.6 Å². The van der Waals surface area contributed by atoms with Gasteiger partial charge in [0, 0.05) is 29.5 Å². The molecule has 3 unspecified atom stereocenters. The number of quaternary nitrogens is 1. The number of benzene rings is 2. The molecule has 2 saturated heterocycles. The van der Waals surface area contributed by atoms with Gasteiger partial charge in [0.2, 0.25) is 5.54 Å². The molecule has 6 atom stereocenters. The summed E-state index contributed by atoms with van der Waals surface area (Å²) in [4.78, 5) is 49.5. The second kappa shape index (κ2) is 12.6. The number of pyridine rings is 1. The summed E-state index contributed by atoms with van der Waals surface area (Å²) in [5, 5.41) is 11.7. The summed E-state index contributed by atoms with van der Waals surface area (Å²) in [6.07, 6.45) is 4.19. The number of aliphatic carboxylic acids is 1. The van der Waals surface area contributed by atoms with E-state index in [0.717, 1.165) is 43.3 Å². The smallest absolute Gasteiger partial charge is 0.366 e. The van der Waals surface area contributed by atoms with Gasteiger partial charge in [-0.3, -0.25) is 9.69 Å². The Kier molecular flexibility index (Phi) is 8.85. The minimum atomic E-state index is -1.57. The molecular formula is C38H47N4O6+. The molecule has 3 aromatic rings. The number of hydrogen-bond acceptors (Lipinski definition) is 7. The first-order valence-corrected chi connectivity index (χ1v) is 16.9. The molecule has 2 aromatic carbocycles. The molecule has 1 aromatic heterocycles. The summed E-state index contributed by atoms with van der Waals surface area (Å²) >= 11 is 0. The van der Waals surface area contributed by atoms with Crippen LogP contribution in [0.2, 0.25) is 0 Å². The summed E-state index contributed by atoms with van der Waals surface area (Å²) in [5.41, 5.74) is 6.29. The third-order valence-electron chi connectivity index (χ3n) is 10.7. The quantitative estimate of drug-likeness (QED) is 0.225. The number of fused-ring (bicyclic) bond motifs is 1. The summed E-state index contributed by atoms with van der Waals surface area (Å²) in [6, 6.07) is 15.4. The van der Waals surface area contributed by atoms with Crippen molar-refractivity contribution in [3.8, 4) is 22.8 Å². The molecule has 0 spiro atoms. The third-order valence-corrected chi connectivity index (χ3v) is 10.7. The standard InChI is InChI=1S/C38H46N4O6/c1-6-25-22-38(25,36(45)46)42(35(44)33(37(2,3)4)41-17-11-8-12-18-41)23-27(20-31(42)34(39)43)48-32-21-29(24-13-9-7-10-14-24)40-30-19-26(47-5)15-16-28(30)32/h6-7,9-10,13-16,19,21,25,27,31,33H,1,8,11-12,17-18,20,22-23H2,2-5H3,(H2-,39,43,45,46)/p+1/t25?,27-,31+,33-,38?,42?/m1/s1. The molecule has 3 heterocycles. The number of carbonyl (C=O) groups excluding carboxylic acids is 2. The van der Waals surface area contributed by atoms with Crippen LogP contribution >= 0.6 is 0 Å². The topological polar surface area (TPSA) is 132 Å². The lowest BCUT2D eigenvalue weighted by atomic mass is 9.82. The average molecular weight is 656 g/mol. The second-order valence-corrected chi connectivity index (χ2v) is 14.7. The van der Waals surface area contributed by atoms with Crippen LogP contribution in [0.15, 0.2) is 67.3 Å². The highest BCUT2D eigenvalue weighted by atomic mass is 16.5. The zero-order chi connectivity index (χ0) is 34.4. The fraction of sp³-hybridized carbons (Fsp3) is 0.474. The van der Waals surface area contributed by atoms with Crippen LogP contribution in [0.4, 0.5) is 0 Å². The Morgan fingerprint density at radius 2 is 1.81 bits per heavy atom. The van der Waals surface area contributed by atoms with Crippen molar-refractivity contribution >= 4 is 28.7 Å². The molecule has 3 N–H and O–H groups in total. The highest BCUT2D eigenvalue weighted by Crippen LogP contribution is 2.59. The summed E-state index contributed by atoms with van der Waals surface area (Å²) in [7, 11) is 1.60. The molecule has 3 fully saturated rings. The molecule has 0 bridgehead atoms. The first-order valence-electron chi connectivity index (χ1n) is 16.9. The SMILES string of the molecule is C=CC1CC1(C(=O)O)[N+]1(C(=O)[C@@H](N2CCCCC2)C(C)(C)C)C[C@H](Oc2cc(-c3ccccc3)nc3cc(OC)ccc23)C[C@H]1C(N)=O. The number of ether oxygens (including phenoxy) is 2. The minimum absolute atomic E-state index is 0.00978. The van der Waals surface area contributed by atoms with Gasteiger partial charge in [-0.25, -0.2) is 19.1 Å². The predicted octanol–water partition coefficient (Wildman–Crippen LogP) is 5.19. The van der Waals surface area contributed by atoms with Gasteiger partial charge in [-0.15, -0.1) is 6.58 Å². The fourth-order valence-corrected chi connectivity index (χ4v) is 8.49. The Morgan fingerprint density at radius 3 is 2.40 bits per heavy atom. The van der Waals surface area contributed by atoms with Gasteiger partial charge in [0.25, 0.3) is 5.91 Å². The van der Waals surface area contributed by atoms with Crippen molar-refractivity contribution in [1.82, 2.24) is 9.88 Å². The molecule has 1 saturated carbocycles. The maximum Gasteiger partial charge on any atom is 0.366 e. The van der Waals surface area contributed by atoms with Crippen LogP contribution in [0.25, 0.3) is 22.2 Å². The Labute approximate surface area is 282 Å². The molecule has 1 aliphatic carbocycles. The molecule has 10 heteroatoms. The van der Waals surface area contributed by atoms with E-state index in [0.29, 0.717) is 22.7 Å². The Hall–Kier alpha value is -4.28. The Morgan fingerprint density at radius 1 is 1.10 bits per heavy atom. The molecule has 48 heavy (non-hydrogen) atoms. The third kappa shape index (κ3) is 5.54. The highest BCUT2D eigenvalue weighted by molar-refractivity contribution is 5.92. The lowest BCUT2D eigenvalue weighted by molar-refractivity contribution is -0.888. The lowest BCUT2D eigenvalue weighted by Crippen LogP contribution is -2.74. The van der Waals surface area contributed by atoms with Gasteiger partial charge in [-0.05, 0) is 43.5 Å². The van der Waals surface area contributed by atoms with E-state index in [4.69, 9.17) is 20.2 Å². The molecule has 0 radical (unpaired) electrons. The lowest BCUT2D eigenvalue weighted by Gasteiger charge is -2.48. The number of nitrogens with zero attached hydrogens (tertiary/aromatic N) is 3. The number of nitrogens with two attached hydrogens (primary N) is 1. The molecule has 2 aliphatic heterocycles. The van der Waals surface area contributed by atoms with Gasteiger partial charge in [-0.1, -0.05) is 63.6 Å². The van der Waals surface area contributed by atoms with E-state index in [1.807, 2.05) is 75.4 Å². The number of carbonyl (C=O) groups is 3. The van der Waals surface area contributed by atoms with Crippen LogP contribution in [0, 0.1) is 11.3 Å². The molecule has 10 nitrogen and oxygen atoms in total. The van der Waals surface area contributed by atoms with Crippen molar-refractivity contribution in [2.75, 3.05) is 26.7 Å². The van der Waals surface area contributed by atoms with E-state index in [2.05, 4.69) is 11.5 Å². The van der Waals surface area contributed by atoms with E-state index < -0.39 is 51.4 Å². The van der Waals surface area contributed by atoms with E-state index in [9.17, 15) is 14.7 Å². The molecule has 3 aliphatic rings. The summed E-state index contributed by atoms with van der Waals surface area (Å²) in [5.74, 6) is -1.44. The average Bonchev–Trinajstić information content (AvgIpc) is 3.71. The number of piperidine rings is 1. The van der Waals surface area contributed by atoms with Gasteiger partial charge in [-0.2, -0.15) is 0 Å². The normalized spacial score (nSPS) is 28.0. The second-order valence-electron chi connectivity index (χ2n) is 14.7.